The molecule has 0 aliphatic rings. The van der Waals surface area contributed by atoms with E-state index in [0.717, 1.165) is 0 Å². The van der Waals surface area contributed by atoms with Crippen LogP contribution < -0.4 is 0 Å². The third-order valence-electron chi connectivity index (χ3n) is 2.91. The summed E-state index contributed by atoms with van der Waals surface area (Å²) in [5, 5.41) is 0.375. The molecule has 0 aliphatic carbocycles. The van der Waals surface area contributed by atoms with Crippen molar-refractivity contribution in [3.05, 3.63) is 17.3 Å². The van der Waals surface area contributed by atoms with Crippen LogP contribution in [0.25, 0.3) is 0 Å². The van der Waals surface area contributed by atoms with Crippen molar-refractivity contribution in [2.45, 2.75) is 45.5 Å². The van der Waals surface area contributed by atoms with E-state index in [1.807, 2.05) is 0 Å². The molecule has 0 fully saturated rings. The number of aromatic nitrogens is 1. The molecule has 0 aromatic carbocycles. The van der Waals surface area contributed by atoms with Gasteiger partial charge in [0.25, 0.3) is 5.35 Å². The molecular weight excluding hydrogens is 230 g/mol. The first-order chi connectivity index (χ1) is 6.72. The van der Waals surface area contributed by atoms with E-state index in [0.29, 0.717) is 12.4 Å². The Balaban J connectivity index is 2.57. The van der Waals surface area contributed by atoms with E-state index in [-0.39, 0.29) is 10.4 Å². The predicted molar refractivity (Wildman–Crippen MR) is 63.5 cm³/mol. The minimum atomic E-state index is -1.71. The number of hydrogen-bond acceptors (Lipinski definition) is 3. The molecule has 5 heteroatoms. The molecule has 0 bridgehead atoms. The van der Waals surface area contributed by atoms with E-state index < -0.39 is 8.32 Å². The highest BCUT2D eigenvalue weighted by Crippen LogP contribution is 2.37. The maximum Gasteiger partial charge on any atom is 0.292 e. The van der Waals surface area contributed by atoms with Gasteiger partial charge in [-0.3, -0.25) is 0 Å². The average molecular weight is 248 g/mol. The molecule has 0 saturated heterocycles. The number of nitrogens with zero attached hydrogens (tertiary/aromatic N) is 1. The van der Waals surface area contributed by atoms with E-state index in [2.05, 4.69) is 38.8 Å². The van der Waals surface area contributed by atoms with Gasteiger partial charge in [0.1, 0.15) is 5.76 Å². The van der Waals surface area contributed by atoms with E-state index >= 15 is 0 Å². The van der Waals surface area contributed by atoms with Crippen molar-refractivity contribution in [1.29, 1.82) is 0 Å². The van der Waals surface area contributed by atoms with Crippen LogP contribution >= 0.6 is 11.6 Å². The highest BCUT2D eigenvalue weighted by Gasteiger charge is 2.37. The molecule has 15 heavy (non-hydrogen) atoms. The minimum Gasteiger partial charge on any atom is -0.430 e. The Morgan fingerprint density at radius 3 is 2.47 bits per heavy atom. The maximum atomic E-state index is 5.94. The van der Waals surface area contributed by atoms with E-state index in [1.165, 1.54) is 0 Å². The first-order valence-electron chi connectivity index (χ1n) is 4.96. The lowest BCUT2D eigenvalue weighted by Gasteiger charge is -2.35. The van der Waals surface area contributed by atoms with Crippen molar-refractivity contribution in [2.24, 2.45) is 0 Å². The van der Waals surface area contributed by atoms with Crippen molar-refractivity contribution in [3.8, 4) is 0 Å². The highest BCUT2D eigenvalue weighted by molar-refractivity contribution is 6.74. The Hall–Kier alpha value is -0.323. The summed E-state index contributed by atoms with van der Waals surface area (Å²) in [5.41, 5.74) is 0. The quantitative estimate of drug-likeness (QED) is 0.761. The van der Waals surface area contributed by atoms with Gasteiger partial charge in [-0.1, -0.05) is 20.8 Å². The number of rotatable bonds is 3. The Kier molecular flexibility index (Phi) is 3.63. The van der Waals surface area contributed by atoms with Crippen molar-refractivity contribution < 1.29 is 8.84 Å². The Bertz CT molecular complexity index is 330. The monoisotopic (exact) mass is 247 g/mol. The molecular formula is C10H18ClNO2Si. The van der Waals surface area contributed by atoms with Crippen LogP contribution in [0.3, 0.4) is 0 Å². The van der Waals surface area contributed by atoms with Gasteiger partial charge in [0.2, 0.25) is 0 Å². The van der Waals surface area contributed by atoms with Crippen LogP contribution in [0.2, 0.25) is 23.5 Å². The van der Waals surface area contributed by atoms with Gasteiger partial charge in [-0.05, 0) is 29.7 Å². The molecule has 1 aromatic heterocycles. The van der Waals surface area contributed by atoms with Crippen molar-refractivity contribution in [1.82, 2.24) is 4.98 Å². The third kappa shape index (κ3) is 3.33. The Labute approximate surface area is 96.9 Å². The van der Waals surface area contributed by atoms with E-state index in [4.69, 9.17) is 20.4 Å². The van der Waals surface area contributed by atoms with Gasteiger partial charge in [-0.15, -0.1) is 0 Å². The summed E-state index contributed by atoms with van der Waals surface area (Å²) in [6.45, 7) is 11.5. The molecule has 0 radical (unpaired) electrons. The third-order valence-corrected chi connectivity index (χ3v) is 7.56. The fraction of sp³-hybridized carbons (Fsp3) is 0.700. The van der Waals surface area contributed by atoms with Gasteiger partial charge >= 0.3 is 0 Å². The molecule has 0 atom stereocenters. The zero-order valence-electron chi connectivity index (χ0n) is 9.93. The van der Waals surface area contributed by atoms with Crippen LogP contribution in [-0.2, 0) is 11.0 Å². The molecule has 1 aromatic rings. The number of hydrogen-bond donors (Lipinski definition) is 0. The fourth-order valence-electron chi connectivity index (χ4n) is 0.818. The lowest BCUT2D eigenvalue weighted by atomic mass is 10.2. The molecule has 0 spiro atoms. The summed E-state index contributed by atoms with van der Waals surface area (Å²) in [6, 6.07) is 0. The van der Waals surface area contributed by atoms with Gasteiger partial charge < -0.3 is 8.84 Å². The van der Waals surface area contributed by atoms with E-state index in [9.17, 15) is 0 Å². The van der Waals surface area contributed by atoms with Gasteiger partial charge in [-0.2, -0.15) is 0 Å². The fourth-order valence-corrected chi connectivity index (χ4v) is 1.90. The van der Waals surface area contributed by atoms with Gasteiger partial charge in [-0.25, -0.2) is 4.98 Å². The summed E-state index contributed by atoms with van der Waals surface area (Å²) in [4.78, 5) is 3.81. The average Bonchev–Trinajstić information content (AvgIpc) is 2.46. The van der Waals surface area contributed by atoms with Crippen LogP contribution in [0.5, 0.6) is 0 Å². The van der Waals surface area contributed by atoms with Crippen molar-refractivity contribution >= 4 is 19.9 Å². The largest absolute Gasteiger partial charge is 0.430 e. The van der Waals surface area contributed by atoms with Crippen molar-refractivity contribution in [3.63, 3.8) is 0 Å². The molecule has 3 nitrogen and oxygen atoms in total. The predicted octanol–water partition coefficient (Wildman–Crippen LogP) is 3.85. The molecule has 1 rings (SSSR count). The van der Waals surface area contributed by atoms with Crippen molar-refractivity contribution in [2.75, 3.05) is 0 Å². The Morgan fingerprint density at radius 2 is 2.07 bits per heavy atom. The number of halogens is 1. The molecule has 0 aliphatic heterocycles. The van der Waals surface area contributed by atoms with Crippen LogP contribution in [-0.4, -0.2) is 13.3 Å². The second kappa shape index (κ2) is 4.27. The molecule has 86 valence electrons. The second-order valence-corrected chi connectivity index (χ2v) is 10.3. The summed E-state index contributed by atoms with van der Waals surface area (Å²) < 4.78 is 11.1. The molecule has 0 saturated carbocycles. The lowest BCUT2D eigenvalue weighted by molar-refractivity contribution is 0.246. The van der Waals surface area contributed by atoms with Crippen LogP contribution in [0.4, 0.5) is 0 Å². The minimum absolute atomic E-state index is 0.170. The van der Waals surface area contributed by atoms with E-state index in [1.54, 1.807) is 6.20 Å². The summed E-state index contributed by atoms with van der Waals surface area (Å²) in [7, 11) is -1.71. The smallest absolute Gasteiger partial charge is 0.292 e. The molecule has 1 heterocycles. The van der Waals surface area contributed by atoms with Gasteiger partial charge in [0, 0.05) is 0 Å². The first-order valence-corrected chi connectivity index (χ1v) is 8.25. The molecule has 0 amide bonds. The van der Waals surface area contributed by atoms with Crippen LogP contribution in [0.15, 0.2) is 10.6 Å². The zero-order chi connectivity index (χ0) is 11.7. The lowest BCUT2D eigenvalue weighted by Crippen LogP contribution is -2.40. The summed E-state index contributed by atoms with van der Waals surface area (Å²) in [6.07, 6.45) is 1.61. The van der Waals surface area contributed by atoms with Gasteiger partial charge in [0.05, 0.1) is 12.8 Å². The molecule has 0 unspecified atom stereocenters. The maximum absolute atomic E-state index is 5.94. The standard InChI is InChI=1S/C10H18ClNO2Si/c1-10(2,3)15(4,5)13-7-8-6-12-9(11)14-8/h6H,7H2,1-5H3. The summed E-state index contributed by atoms with van der Waals surface area (Å²) in [5.74, 6) is 0.685. The first kappa shape index (κ1) is 12.7. The Morgan fingerprint density at radius 1 is 1.47 bits per heavy atom. The van der Waals surface area contributed by atoms with Gasteiger partial charge in [0.15, 0.2) is 8.32 Å². The molecule has 0 N–H and O–H groups in total. The normalized spacial score (nSPS) is 13.2. The number of oxazole rings is 1. The SMILES string of the molecule is CC(C)(C)[Si](C)(C)OCc1cnc(Cl)o1. The second-order valence-electron chi connectivity index (χ2n) is 5.13. The highest BCUT2D eigenvalue weighted by atomic mass is 35.5. The summed E-state index contributed by atoms with van der Waals surface area (Å²) >= 11 is 5.58. The zero-order valence-corrected chi connectivity index (χ0v) is 11.7. The van der Waals surface area contributed by atoms with Crippen LogP contribution in [0, 0.1) is 0 Å². The topological polar surface area (TPSA) is 35.3 Å². The van der Waals surface area contributed by atoms with Crippen LogP contribution in [0.1, 0.15) is 26.5 Å².